The van der Waals surface area contributed by atoms with Crippen LogP contribution in [0, 0.1) is 11.3 Å². The molecule has 1 aliphatic carbocycles. The lowest BCUT2D eigenvalue weighted by molar-refractivity contribution is -0.148. The zero-order valence-electron chi connectivity index (χ0n) is 12.8. The van der Waals surface area contributed by atoms with Crippen LogP contribution in [0.2, 0.25) is 0 Å². The van der Waals surface area contributed by atoms with E-state index < -0.39 is 11.4 Å². The third-order valence-corrected chi connectivity index (χ3v) is 4.74. The summed E-state index contributed by atoms with van der Waals surface area (Å²) < 4.78 is 0. The highest BCUT2D eigenvalue weighted by Crippen LogP contribution is 2.35. The maximum Gasteiger partial charge on any atom is 0.317 e. The van der Waals surface area contributed by atoms with Crippen LogP contribution < -0.4 is 5.32 Å². The molecule has 2 atom stereocenters. The predicted molar refractivity (Wildman–Crippen MR) is 81.0 cm³/mol. The second-order valence-corrected chi connectivity index (χ2v) is 6.34. The number of hydrogen-bond donors (Lipinski definition) is 2. The number of amides is 2. The molecular formula is C16H26N2O3. The Hall–Kier alpha value is -1.52. The molecule has 2 aliphatic rings. The van der Waals surface area contributed by atoms with Crippen molar-refractivity contribution in [2.45, 2.75) is 45.4 Å². The van der Waals surface area contributed by atoms with E-state index in [2.05, 4.69) is 17.5 Å². The summed E-state index contributed by atoms with van der Waals surface area (Å²) >= 11 is 0. The Morgan fingerprint density at radius 3 is 2.86 bits per heavy atom. The fourth-order valence-electron chi connectivity index (χ4n) is 3.40. The van der Waals surface area contributed by atoms with Crippen LogP contribution in [0.4, 0.5) is 4.79 Å². The van der Waals surface area contributed by atoms with Gasteiger partial charge >= 0.3 is 12.0 Å². The van der Waals surface area contributed by atoms with E-state index in [1.165, 1.54) is 0 Å². The molecule has 1 saturated heterocycles. The van der Waals surface area contributed by atoms with Crippen molar-refractivity contribution in [3.8, 4) is 0 Å². The smallest absolute Gasteiger partial charge is 0.317 e. The number of likely N-dealkylation sites (tertiary alicyclic amines) is 1. The van der Waals surface area contributed by atoms with Crippen LogP contribution in [0.5, 0.6) is 0 Å². The lowest BCUT2D eigenvalue weighted by Gasteiger charge is -2.25. The zero-order chi connectivity index (χ0) is 15.3. The first-order chi connectivity index (χ1) is 10.1. The molecule has 0 saturated carbocycles. The van der Waals surface area contributed by atoms with Crippen LogP contribution >= 0.6 is 0 Å². The highest BCUT2D eigenvalue weighted by molar-refractivity contribution is 5.79. The van der Waals surface area contributed by atoms with Crippen molar-refractivity contribution in [3.05, 3.63) is 12.2 Å². The third kappa shape index (κ3) is 3.77. The fraction of sp³-hybridized carbons (Fsp3) is 0.750. The summed E-state index contributed by atoms with van der Waals surface area (Å²) in [4.78, 5) is 25.4. The maximum absolute atomic E-state index is 12.2. The van der Waals surface area contributed by atoms with Gasteiger partial charge in [-0.25, -0.2) is 4.79 Å². The van der Waals surface area contributed by atoms with Crippen molar-refractivity contribution in [3.63, 3.8) is 0 Å². The standard InChI is InChI=1S/C16H26N2O3/c1-2-8-16(14(19)20)9-10-18(12-16)15(21)17-11-13-6-4-3-5-7-13/h3-4,13H,2,5-12H2,1H3,(H,17,21)(H,19,20). The molecule has 1 heterocycles. The molecule has 2 amide bonds. The third-order valence-electron chi connectivity index (χ3n) is 4.74. The van der Waals surface area contributed by atoms with Gasteiger partial charge in [0, 0.05) is 19.6 Å². The predicted octanol–water partition coefficient (Wildman–Crippen LogP) is 2.63. The Morgan fingerprint density at radius 1 is 1.43 bits per heavy atom. The van der Waals surface area contributed by atoms with Gasteiger partial charge in [0.1, 0.15) is 0 Å². The summed E-state index contributed by atoms with van der Waals surface area (Å²) in [7, 11) is 0. The van der Waals surface area contributed by atoms with Gasteiger partial charge in [0.15, 0.2) is 0 Å². The van der Waals surface area contributed by atoms with Gasteiger partial charge in [-0.15, -0.1) is 0 Å². The van der Waals surface area contributed by atoms with Gasteiger partial charge < -0.3 is 15.3 Å². The van der Waals surface area contributed by atoms with E-state index in [0.29, 0.717) is 38.4 Å². The molecule has 5 nitrogen and oxygen atoms in total. The van der Waals surface area contributed by atoms with Crippen molar-refractivity contribution in [1.29, 1.82) is 0 Å². The lowest BCUT2D eigenvalue weighted by Crippen LogP contribution is -2.43. The molecule has 0 radical (unpaired) electrons. The van der Waals surface area contributed by atoms with Crippen LogP contribution in [0.25, 0.3) is 0 Å². The molecule has 0 bridgehead atoms. The Morgan fingerprint density at radius 2 is 2.24 bits per heavy atom. The Balaban J connectivity index is 1.83. The number of rotatable bonds is 5. The number of nitrogens with zero attached hydrogens (tertiary/aromatic N) is 1. The Bertz CT molecular complexity index is 422. The number of allylic oxidation sites excluding steroid dienone is 2. The summed E-state index contributed by atoms with van der Waals surface area (Å²) in [6, 6.07) is -0.108. The number of carboxylic acid groups (broad SMARTS) is 1. The normalized spacial score (nSPS) is 28.6. The molecular weight excluding hydrogens is 268 g/mol. The van der Waals surface area contributed by atoms with Gasteiger partial charge in [-0.2, -0.15) is 0 Å². The van der Waals surface area contributed by atoms with Crippen LogP contribution in [-0.4, -0.2) is 41.6 Å². The minimum atomic E-state index is -0.767. The van der Waals surface area contributed by atoms with Crippen molar-refractivity contribution in [2.24, 2.45) is 11.3 Å². The van der Waals surface area contributed by atoms with E-state index in [4.69, 9.17) is 0 Å². The first-order valence-electron chi connectivity index (χ1n) is 7.98. The van der Waals surface area contributed by atoms with Gasteiger partial charge in [-0.05, 0) is 38.0 Å². The van der Waals surface area contributed by atoms with Crippen LogP contribution in [-0.2, 0) is 4.79 Å². The molecule has 21 heavy (non-hydrogen) atoms. The minimum absolute atomic E-state index is 0.108. The summed E-state index contributed by atoms with van der Waals surface area (Å²) in [5, 5.41) is 12.4. The number of aliphatic carboxylic acids is 1. The van der Waals surface area contributed by atoms with Crippen molar-refractivity contribution >= 4 is 12.0 Å². The average Bonchev–Trinajstić information content (AvgIpc) is 2.92. The van der Waals surface area contributed by atoms with E-state index in [1.807, 2.05) is 6.92 Å². The molecule has 2 unspecified atom stereocenters. The fourth-order valence-corrected chi connectivity index (χ4v) is 3.40. The van der Waals surface area contributed by atoms with E-state index in [-0.39, 0.29) is 6.03 Å². The monoisotopic (exact) mass is 294 g/mol. The van der Waals surface area contributed by atoms with Crippen molar-refractivity contribution in [2.75, 3.05) is 19.6 Å². The minimum Gasteiger partial charge on any atom is -0.481 e. The van der Waals surface area contributed by atoms with E-state index in [0.717, 1.165) is 25.7 Å². The number of carbonyl (C=O) groups is 2. The maximum atomic E-state index is 12.2. The van der Waals surface area contributed by atoms with Gasteiger partial charge in [0.25, 0.3) is 0 Å². The summed E-state index contributed by atoms with van der Waals surface area (Å²) in [6.45, 7) is 3.56. The topological polar surface area (TPSA) is 69.6 Å². The lowest BCUT2D eigenvalue weighted by atomic mass is 9.83. The summed E-state index contributed by atoms with van der Waals surface area (Å²) in [5.74, 6) is -0.251. The number of urea groups is 1. The molecule has 1 aliphatic heterocycles. The summed E-state index contributed by atoms with van der Waals surface area (Å²) in [5.41, 5.74) is -0.736. The Kier molecular flexibility index (Phi) is 5.26. The van der Waals surface area contributed by atoms with Crippen molar-refractivity contribution in [1.82, 2.24) is 10.2 Å². The molecule has 0 spiro atoms. The highest BCUT2D eigenvalue weighted by Gasteiger charge is 2.45. The molecule has 2 rings (SSSR count). The molecule has 118 valence electrons. The number of hydrogen-bond acceptors (Lipinski definition) is 2. The van der Waals surface area contributed by atoms with Gasteiger partial charge in [0.05, 0.1) is 5.41 Å². The number of carboxylic acids is 1. The largest absolute Gasteiger partial charge is 0.481 e. The number of nitrogens with one attached hydrogen (secondary N) is 1. The van der Waals surface area contributed by atoms with Gasteiger partial charge in [0.2, 0.25) is 0 Å². The molecule has 5 heteroatoms. The molecule has 0 aromatic carbocycles. The van der Waals surface area contributed by atoms with Gasteiger partial charge in [-0.3, -0.25) is 4.79 Å². The van der Waals surface area contributed by atoms with E-state index >= 15 is 0 Å². The molecule has 0 aromatic rings. The quantitative estimate of drug-likeness (QED) is 0.766. The van der Waals surface area contributed by atoms with Crippen molar-refractivity contribution < 1.29 is 14.7 Å². The highest BCUT2D eigenvalue weighted by atomic mass is 16.4. The molecule has 2 N–H and O–H groups in total. The second-order valence-electron chi connectivity index (χ2n) is 6.34. The van der Waals surface area contributed by atoms with E-state index in [1.54, 1.807) is 4.90 Å². The summed E-state index contributed by atoms with van der Waals surface area (Å²) in [6.07, 6.45) is 9.62. The van der Waals surface area contributed by atoms with Crippen LogP contribution in [0.1, 0.15) is 45.4 Å². The van der Waals surface area contributed by atoms with Crippen LogP contribution in [0.3, 0.4) is 0 Å². The second kappa shape index (κ2) is 6.96. The van der Waals surface area contributed by atoms with Gasteiger partial charge in [-0.1, -0.05) is 25.5 Å². The SMILES string of the molecule is CCCC1(C(=O)O)CCN(C(=O)NCC2CC=CCC2)C1. The van der Waals surface area contributed by atoms with Crippen LogP contribution in [0.15, 0.2) is 12.2 Å². The average molecular weight is 294 g/mol. The zero-order valence-corrected chi connectivity index (χ0v) is 12.8. The first-order valence-corrected chi connectivity index (χ1v) is 7.98. The molecule has 1 fully saturated rings. The molecule has 0 aromatic heterocycles. The van der Waals surface area contributed by atoms with E-state index in [9.17, 15) is 14.7 Å². The Labute approximate surface area is 126 Å². The number of carbonyl (C=O) groups excluding carboxylic acids is 1. The first kappa shape index (κ1) is 15.9.